The molecule has 0 unspecified atom stereocenters. The Labute approximate surface area is 89.1 Å². The van der Waals surface area contributed by atoms with Crippen molar-refractivity contribution in [2.24, 2.45) is 0 Å². The molecule has 1 heterocycles. The first-order chi connectivity index (χ1) is 7.40. The molecule has 0 aliphatic carbocycles. The molecule has 0 saturated heterocycles. The molecule has 3 nitrogen and oxygen atoms in total. The Morgan fingerprint density at radius 2 is 2.07 bits per heavy atom. The first-order valence-electron chi connectivity index (χ1n) is 5.10. The summed E-state index contributed by atoms with van der Waals surface area (Å²) in [6.45, 7) is 3.76. The van der Waals surface area contributed by atoms with Gasteiger partial charge in [-0.05, 0) is 18.7 Å². The molecule has 0 spiro atoms. The lowest BCUT2D eigenvalue weighted by Crippen LogP contribution is -2.11. The second-order valence-electron chi connectivity index (χ2n) is 3.29. The molecule has 2 rings (SSSR count). The summed E-state index contributed by atoms with van der Waals surface area (Å²) in [6, 6.07) is 9.91. The second kappa shape index (κ2) is 4.75. The summed E-state index contributed by atoms with van der Waals surface area (Å²) < 4.78 is 5.40. The van der Waals surface area contributed by atoms with E-state index in [0.29, 0.717) is 5.89 Å². The summed E-state index contributed by atoms with van der Waals surface area (Å²) in [5.74, 6) is 0.684. The van der Waals surface area contributed by atoms with Gasteiger partial charge in [-0.2, -0.15) is 0 Å². The van der Waals surface area contributed by atoms with Gasteiger partial charge in [-0.1, -0.05) is 25.1 Å². The molecule has 1 aromatic heterocycles. The third kappa shape index (κ3) is 2.44. The third-order valence-corrected chi connectivity index (χ3v) is 2.13. The van der Waals surface area contributed by atoms with E-state index in [1.165, 1.54) is 0 Å². The van der Waals surface area contributed by atoms with Gasteiger partial charge >= 0.3 is 0 Å². The molecule has 3 heteroatoms. The number of hydrogen-bond donors (Lipinski definition) is 1. The van der Waals surface area contributed by atoms with E-state index in [1.807, 2.05) is 30.3 Å². The fraction of sp³-hybridized carbons (Fsp3) is 0.250. The van der Waals surface area contributed by atoms with Crippen LogP contribution >= 0.6 is 0 Å². The minimum absolute atomic E-state index is 0.684. The topological polar surface area (TPSA) is 38.1 Å². The number of hydrogen-bond acceptors (Lipinski definition) is 3. The molecule has 2 aromatic rings. The van der Waals surface area contributed by atoms with Crippen LogP contribution in [0.4, 0.5) is 0 Å². The van der Waals surface area contributed by atoms with Gasteiger partial charge in [0.2, 0.25) is 5.89 Å². The Kier molecular flexibility index (Phi) is 3.15. The molecular formula is C12H14N2O. The van der Waals surface area contributed by atoms with E-state index in [4.69, 9.17) is 4.42 Å². The highest BCUT2D eigenvalue weighted by molar-refractivity contribution is 5.52. The number of oxazole rings is 1. The van der Waals surface area contributed by atoms with Crippen molar-refractivity contribution in [2.75, 3.05) is 6.54 Å². The third-order valence-electron chi connectivity index (χ3n) is 2.13. The Hall–Kier alpha value is -1.61. The minimum Gasteiger partial charge on any atom is -0.444 e. The largest absolute Gasteiger partial charge is 0.444 e. The Morgan fingerprint density at radius 3 is 2.80 bits per heavy atom. The Morgan fingerprint density at radius 1 is 1.27 bits per heavy atom. The maximum Gasteiger partial charge on any atom is 0.226 e. The van der Waals surface area contributed by atoms with E-state index < -0.39 is 0 Å². The number of rotatable bonds is 4. The summed E-state index contributed by atoms with van der Waals surface area (Å²) in [4.78, 5) is 4.39. The quantitative estimate of drug-likeness (QED) is 0.827. The molecule has 0 aliphatic heterocycles. The number of benzene rings is 1. The van der Waals surface area contributed by atoms with Gasteiger partial charge in [0.1, 0.15) is 6.26 Å². The number of nitrogens with one attached hydrogen (secondary N) is 1. The van der Waals surface area contributed by atoms with Crippen LogP contribution in [0.5, 0.6) is 0 Å². The van der Waals surface area contributed by atoms with Gasteiger partial charge in [0, 0.05) is 12.1 Å². The van der Waals surface area contributed by atoms with Gasteiger partial charge in [0.25, 0.3) is 0 Å². The standard InChI is InChI=1S/C12H14N2O/c1-2-13-8-11-9-15-12(14-11)10-6-4-3-5-7-10/h3-7,9,13H,2,8H2,1H3. The fourth-order valence-corrected chi connectivity index (χ4v) is 1.35. The lowest BCUT2D eigenvalue weighted by Gasteiger charge is -1.94. The van der Waals surface area contributed by atoms with Crippen molar-refractivity contribution in [1.29, 1.82) is 0 Å². The van der Waals surface area contributed by atoms with E-state index in [2.05, 4.69) is 17.2 Å². The zero-order chi connectivity index (χ0) is 10.5. The smallest absolute Gasteiger partial charge is 0.226 e. The van der Waals surface area contributed by atoms with Crippen LogP contribution in [0, 0.1) is 0 Å². The first-order valence-corrected chi connectivity index (χ1v) is 5.10. The summed E-state index contributed by atoms with van der Waals surface area (Å²) >= 11 is 0. The fourth-order valence-electron chi connectivity index (χ4n) is 1.35. The molecule has 0 amide bonds. The maximum atomic E-state index is 5.40. The van der Waals surface area contributed by atoms with Crippen molar-refractivity contribution in [3.8, 4) is 11.5 Å². The lowest BCUT2D eigenvalue weighted by molar-refractivity contribution is 0.570. The molecule has 1 N–H and O–H groups in total. The predicted octanol–water partition coefficient (Wildman–Crippen LogP) is 2.45. The highest BCUT2D eigenvalue weighted by Gasteiger charge is 2.04. The normalized spacial score (nSPS) is 10.5. The molecule has 0 radical (unpaired) electrons. The van der Waals surface area contributed by atoms with Gasteiger partial charge in [0.05, 0.1) is 5.69 Å². The van der Waals surface area contributed by atoms with Crippen LogP contribution in [0.3, 0.4) is 0 Å². The van der Waals surface area contributed by atoms with Crippen molar-refractivity contribution in [1.82, 2.24) is 10.3 Å². The van der Waals surface area contributed by atoms with Gasteiger partial charge in [-0.15, -0.1) is 0 Å². The number of nitrogens with zero attached hydrogens (tertiary/aromatic N) is 1. The van der Waals surface area contributed by atoms with E-state index in [9.17, 15) is 0 Å². The summed E-state index contributed by atoms with van der Waals surface area (Å²) in [6.07, 6.45) is 1.70. The SMILES string of the molecule is CCNCc1coc(-c2ccccc2)n1. The van der Waals surface area contributed by atoms with Gasteiger partial charge < -0.3 is 9.73 Å². The van der Waals surface area contributed by atoms with Crippen LogP contribution in [-0.2, 0) is 6.54 Å². The second-order valence-corrected chi connectivity index (χ2v) is 3.29. The Bertz CT molecular complexity index is 409. The summed E-state index contributed by atoms with van der Waals surface area (Å²) in [7, 11) is 0. The molecule has 1 aromatic carbocycles. The van der Waals surface area contributed by atoms with Crippen molar-refractivity contribution in [2.45, 2.75) is 13.5 Å². The van der Waals surface area contributed by atoms with Crippen LogP contribution in [0.2, 0.25) is 0 Å². The van der Waals surface area contributed by atoms with Crippen molar-refractivity contribution in [3.63, 3.8) is 0 Å². The van der Waals surface area contributed by atoms with Gasteiger partial charge in [0.15, 0.2) is 0 Å². The summed E-state index contributed by atoms with van der Waals surface area (Å²) in [5, 5.41) is 3.21. The maximum absolute atomic E-state index is 5.40. The van der Waals surface area contributed by atoms with Crippen molar-refractivity contribution in [3.05, 3.63) is 42.3 Å². The highest BCUT2D eigenvalue weighted by Crippen LogP contribution is 2.17. The van der Waals surface area contributed by atoms with E-state index in [1.54, 1.807) is 6.26 Å². The van der Waals surface area contributed by atoms with Crippen LogP contribution in [0.1, 0.15) is 12.6 Å². The first kappa shape index (κ1) is 9.93. The molecule has 0 saturated carbocycles. The summed E-state index contributed by atoms with van der Waals surface area (Å²) in [5.41, 5.74) is 1.95. The Balaban J connectivity index is 2.14. The predicted molar refractivity (Wildman–Crippen MR) is 59.3 cm³/mol. The molecule has 0 atom stereocenters. The van der Waals surface area contributed by atoms with E-state index >= 15 is 0 Å². The zero-order valence-corrected chi connectivity index (χ0v) is 8.73. The molecule has 15 heavy (non-hydrogen) atoms. The molecule has 78 valence electrons. The lowest BCUT2D eigenvalue weighted by atomic mass is 10.2. The molecular weight excluding hydrogens is 188 g/mol. The number of aromatic nitrogens is 1. The average Bonchev–Trinajstić information content (AvgIpc) is 2.76. The average molecular weight is 202 g/mol. The van der Waals surface area contributed by atoms with Crippen LogP contribution in [0.25, 0.3) is 11.5 Å². The molecule has 0 fully saturated rings. The van der Waals surface area contributed by atoms with Crippen LogP contribution in [-0.4, -0.2) is 11.5 Å². The highest BCUT2D eigenvalue weighted by atomic mass is 16.3. The van der Waals surface area contributed by atoms with Crippen LogP contribution in [0.15, 0.2) is 41.0 Å². The van der Waals surface area contributed by atoms with Gasteiger partial charge in [-0.3, -0.25) is 0 Å². The van der Waals surface area contributed by atoms with Crippen molar-refractivity contribution < 1.29 is 4.42 Å². The molecule has 0 bridgehead atoms. The van der Waals surface area contributed by atoms with Crippen molar-refractivity contribution >= 4 is 0 Å². The van der Waals surface area contributed by atoms with E-state index in [0.717, 1.165) is 24.3 Å². The van der Waals surface area contributed by atoms with E-state index in [-0.39, 0.29) is 0 Å². The molecule has 0 aliphatic rings. The monoisotopic (exact) mass is 202 g/mol. The van der Waals surface area contributed by atoms with Crippen LogP contribution < -0.4 is 5.32 Å². The zero-order valence-electron chi connectivity index (χ0n) is 8.73. The minimum atomic E-state index is 0.684. The van der Waals surface area contributed by atoms with Gasteiger partial charge in [-0.25, -0.2) is 4.98 Å².